The molecule has 6 nitrogen and oxygen atoms in total. The minimum Gasteiger partial charge on any atom is -0.465 e. The van der Waals surface area contributed by atoms with Crippen molar-refractivity contribution in [2.24, 2.45) is 5.41 Å². The second-order valence-electron chi connectivity index (χ2n) is 7.75. The molecule has 6 heteroatoms. The van der Waals surface area contributed by atoms with Gasteiger partial charge in [-0.15, -0.1) is 0 Å². The zero-order valence-electron chi connectivity index (χ0n) is 16.0. The summed E-state index contributed by atoms with van der Waals surface area (Å²) in [6.45, 7) is 6.93. The average Bonchev–Trinajstić information content (AvgIpc) is 2.60. The van der Waals surface area contributed by atoms with E-state index < -0.39 is 11.0 Å². The van der Waals surface area contributed by atoms with Crippen molar-refractivity contribution < 1.29 is 14.8 Å². The van der Waals surface area contributed by atoms with Crippen LogP contribution in [0.1, 0.15) is 44.2 Å². The lowest BCUT2D eigenvalue weighted by molar-refractivity contribution is -0.384. The van der Waals surface area contributed by atoms with E-state index in [1.165, 1.54) is 22.6 Å². The van der Waals surface area contributed by atoms with Gasteiger partial charge in [0.05, 0.1) is 4.92 Å². The minimum atomic E-state index is -1.03. The molecule has 0 bridgehead atoms. The SMILES string of the molecule is CC(C)(C)C(CCN(Cc1cccc([N+](=O)[O-])c1)C(=O)O)c1ccccc1. The van der Waals surface area contributed by atoms with Gasteiger partial charge in [-0.3, -0.25) is 10.1 Å². The molecule has 1 atom stereocenters. The fourth-order valence-electron chi connectivity index (χ4n) is 3.30. The summed E-state index contributed by atoms with van der Waals surface area (Å²) in [4.78, 5) is 23.5. The number of carboxylic acid groups (broad SMARTS) is 1. The Bertz CT molecular complexity index is 784. The predicted octanol–water partition coefficient (Wildman–Crippen LogP) is 5.29. The molecule has 27 heavy (non-hydrogen) atoms. The lowest BCUT2D eigenvalue weighted by atomic mass is 9.74. The van der Waals surface area contributed by atoms with Gasteiger partial charge in [0.25, 0.3) is 5.69 Å². The predicted molar refractivity (Wildman–Crippen MR) is 105 cm³/mol. The molecule has 1 amide bonds. The molecule has 2 rings (SSSR count). The minimum absolute atomic E-state index is 0.0168. The van der Waals surface area contributed by atoms with Crippen LogP contribution in [0.4, 0.5) is 10.5 Å². The number of nitrogens with zero attached hydrogens (tertiary/aromatic N) is 2. The van der Waals surface area contributed by atoms with E-state index in [1.54, 1.807) is 12.1 Å². The Balaban J connectivity index is 2.14. The lowest BCUT2D eigenvalue weighted by Gasteiger charge is -2.33. The van der Waals surface area contributed by atoms with E-state index >= 15 is 0 Å². The Morgan fingerprint density at radius 2 is 1.81 bits per heavy atom. The number of hydrogen-bond acceptors (Lipinski definition) is 3. The highest BCUT2D eigenvalue weighted by molar-refractivity contribution is 5.65. The molecule has 0 heterocycles. The summed E-state index contributed by atoms with van der Waals surface area (Å²) in [6, 6.07) is 16.2. The molecule has 0 saturated heterocycles. The first kappa shape index (κ1) is 20.4. The molecule has 144 valence electrons. The van der Waals surface area contributed by atoms with Crippen molar-refractivity contribution in [1.82, 2.24) is 4.90 Å². The van der Waals surface area contributed by atoms with Crippen LogP contribution in [0, 0.1) is 15.5 Å². The van der Waals surface area contributed by atoms with Crippen LogP contribution in [0.15, 0.2) is 54.6 Å². The zero-order chi connectivity index (χ0) is 20.0. The molecule has 0 saturated carbocycles. The van der Waals surface area contributed by atoms with Gasteiger partial charge in [0.1, 0.15) is 0 Å². The average molecular weight is 370 g/mol. The van der Waals surface area contributed by atoms with E-state index in [0.29, 0.717) is 18.5 Å². The van der Waals surface area contributed by atoms with Crippen LogP contribution in [0.3, 0.4) is 0 Å². The van der Waals surface area contributed by atoms with Crippen molar-refractivity contribution in [2.75, 3.05) is 6.54 Å². The first-order valence-corrected chi connectivity index (χ1v) is 8.94. The highest BCUT2D eigenvalue weighted by Crippen LogP contribution is 2.37. The van der Waals surface area contributed by atoms with Crippen LogP contribution in [0.2, 0.25) is 0 Å². The molecule has 2 aromatic carbocycles. The van der Waals surface area contributed by atoms with Gasteiger partial charge in [0.15, 0.2) is 0 Å². The molecular formula is C21H26N2O4. The van der Waals surface area contributed by atoms with Crippen LogP contribution < -0.4 is 0 Å². The van der Waals surface area contributed by atoms with Gasteiger partial charge in [-0.05, 0) is 28.9 Å². The quantitative estimate of drug-likeness (QED) is 0.530. The molecule has 2 aromatic rings. The maximum atomic E-state index is 11.7. The summed E-state index contributed by atoms with van der Waals surface area (Å²) in [6.07, 6.45) is -0.350. The summed E-state index contributed by atoms with van der Waals surface area (Å²) in [5.74, 6) is 0.200. The number of nitro groups is 1. The van der Waals surface area contributed by atoms with Crippen molar-refractivity contribution in [3.63, 3.8) is 0 Å². The number of nitro benzene ring substituents is 1. The molecule has 1 unspecified atom stereocenters. The number of benzene rings is 2. The van der Waals surface area contributed by atoms with E-state index in [2.05, 4.69) is 32.9 Å². The van der Waals surface area contributed by atoms with Gasteiger partial charge in [-0.2, -0.15) is 0 Å². The highest BCUT2D eigenvalue weighted by atomic mass is 16.6. The van der Waals surface area contributed by atoms with Crippen LogP contribution in [-0.4, -0.2) is 27.6 Å². The Kier molecular flexibility index (Phi) is 6.55. The summed E-state index contributed by atoms with van der Waals surface area (Å²) >= 11 is 0. The molecule has 0 fully saturated rings. The number of amides is 1. The second kappa shape index (κ2) is 8.66. The number of carbonyl (C=O) groups is 1. The van der Waals surface area contributed by atoms with Crippen molar-refractivity contribution in [1.29, 1.82) is 0 Å². The topological polar surface area (TPSA) is 83.7 Å². The Labute approximate surface area is 159 Å². The Morgan fingerprint density at radius 1 is 1.15 bits per heavy atom. The van der Waals surface area contributed by atoms with Crippen LogP contribution >= 0.6 is 0 Å². The van der Waals surface area contributed by atoms with Gasteiger partial charge in [-0.1, -0.05) is 63.2 Å². The van der Waals surface area contributed by atoms with Crippen LogP contribution in [0.5, 0.6) is 0 Å². The molecule has 1 N–H and O–H groups in total. The third kappa shape index (κ3) is 5.81. The molecular weight excluding hydrogens is 344 g/mol. The third-order valence-corrected chi connectivity index (χ3v) is 4.70. The number of hydrogen-bond donors (Lipinski definition) is 1. The largest absolute Gasteiger partial charge is 0.465 e. The highest BCUT2D eigenvalue weighted by Gasteiger charge is 2.27. The van der Waals surface area contributed by atoms with E-state index in [0.717, 1.165) is 0 Å². The van der Waals surface area contributed by atoms with Gasteiger partial charge >= 0.3 is 6.09 Å². The summed E-state index contributed by atoms with van der Waals surface area (Å²) < 4.78 is 0. The Morgan fingerprint density at radius 3 is 2.37 bits per heavy atom. The van der Waals surface area contributed by atoms with E-state index in [4.69, 9.17) is 0 Å². The molecule has 0 spiro atoms. The fourth-order valence-corrected chi connectivity index (χ4v) is 3.30. The van der Waals surface area contributed by atoms with E-state index in [1.807, 2.05) is 18.2 Å². The van der Waals surface area contributed by atoms with E-state index in [9.17, 15) is 20.0 Å². The monoisotopic (exact) mass is 370 g/mol. The Hall–Kier alpha value is -2.89. The van der Waals surface area contributed by atoms with Gasteiger partial charge in [0.2, 0.25) is 0 Å². The van der Waals surface area contributed by atoms with Crippen LogP contribution in [0.25, 0.3) is 0 Å². The lowest BCUT2D eigenvalue weighted by Crippen LogP contribution is -2.32. The molecule has 0 aliphatic rings. The van der Waals surface area contributed by atoms with Crippen molar-refractivity contribution in [3.8, 4) is 0 Å². The first-order valence-electron chi connectivity index (χ1n) is 8.94. The number of non-ortho nitro benzene ring substituents is 1. The van der Waals surface area contributed by atoms with Crippen molar-refractivity contribution in [2.45, 2.75) is 39.7 Å². The van der Waals surface area contributed by atoms with Crippen molar-refractivity contribution >= 4 is 11.8 Å². The second-order valence-corrected chi connectivity index (χ2v) is 7.75. The first-order chi connectivity index (χ1) is 12.7. The fraction of sp³-hybridized carbons (Fsp3) is 0.381. The van der Waals surface area contributed by atoms with Crippen LogP contribution in [-0.2, 0) is 6.54 Å². The van der Waals surface area contributed by atoms with E-state index in [-0.39, 0.29) is 23.6 Å². The number of rotatable bonds is 7. The van der Waals surface area contributed by atoms with Gasteiger partial charge in [-0.25, -0.2) is 4.79 Å². The third-order valence-electron chi connectivity index (χ3n) is 4.70. The standard InChI is InChI=1S/C21H26N2O4/c1-21(2,3)19(17-9-5-4-6-10-17)12-13-22(20(24)25)15-16-8-7-11-18(14-16)23(26)27/h4-11,14,19H,12-13,15H2,1-3H3,(H,24,25). The normalized spacial score (nSPS) is 12.4. The molecule has 0 aliphatic heterocycles. The smallest absolute Gasteiger partial charge is 0.407 e. The maximum absolute atomic E-state index is 11.7. The summed E-state index contributed by atoms with van der Waals surface area (Å²) in [5, 5.41) is 20.5. The molecule has 0 radical (unpaired) electrons. The van der Waals surface area contributed by atoms with Gasteiger partial charge < -0.3 is 10.0 Å². The van der Waals surface area contributed by atoms with Gasteiger partial charge in [0, 0.05) is 25.2 Å². The summed E-state index contributed by atoms with van der Waals surface area (Å²) in [7, 11) is 0. The summed E-state index contributed by atoms with van der Waals surface area (Å²) in [5.41, 5.74) is 1.75. The van der Waals surface area contributed by atoms with Crippen molar-refractivity contribution in [3.05, 3.63) is 75.8 Å². The zero-order valence-corrected chi connectivity index (χ0v) is 16.0. The molecule has 0 aliphatic carbocycles. The molecule has 0 aromatic heterocycles. The maximum Gasteiger partial charge on any atom is 0.407 e.